The van der Waals surface area contributed by atoms with Crippen LogP contribution in [0.3, 0.4) is 0 Å². The predicted molar refractivity (Wildman–Crippen MR) is 68.7 cm³/mol. The smallest absolute Gasteiger partial charge is 0.167 e. The number of aliphatic hydroxyl groups excluding tert-OH is 1. The Kier molecular flexibility index (Phi) is 4.28. The summed E-state index contributed by atoms with van der Waals surface area (Å²) in [6.07, 6.45) is 9.66. The van der Waals surface area contributed by atoms with Crippen LogP contribution in [0.15, 0.2) is 35.0 Å². The SMILES string of the molecule is O=C1CCCC(O)=C1C=NCCCn1ccnc1. The zero-order valence-corrected chi connectivity index (χ0v) is 10.2. The Morgan fingerprint density at radius 2 is 2.39 bits per heavy atom. The van der Waals surface area contributed by atoms with Crippen molar-refractivity contribution in [2.24, 2.45) is 4.99 Å². The van der Waals surface area contributed by atoms with Crippen LogP contribution in [0.5, 0.6) is 0 Å². The van der Waals surface area contributed by atoms with Gasteiger partial charge in [-0.25, -0.2) is 4.98 Å². The summed E-state index contributed by atoms with van der Waals surface area (Å²) in [6.45, 7) is 1.50. The number of imidazole rings is 1. The minimum absolute atomic E-state index is 0.00268. The van der Waals surface area contributed by atoms with Gasteiger partial charge in [-0.1, -0.05) is 0 Å². The van der Waals surface area contributed by atoms with Crippen molar-refractivity contribution in [3.05, 3.63) is 30.1 Å². The number of aryl methyl sites for hydroxylation is 1. The molecule has 1 aliphatic carbocycles. The molecule has 2 rings (SSSR count). The molecule has 1 N–H and O–H groups in total. The maximum Gasteiger partial charge on any atom is 0.167 e. The van der Waals surface area contributed by atoms with Gasteiger partial charge < -0.3 is 9.67 Å². The number of hydrogen-bond donors (Lipinski definition) is 1. The van der Waals surface area contributed by atoms with Gasteiger partial charge in [-0.2, -0.15) is 0 Å². The van der Waals surface area contributed by atoms with Gasteiger partial charge in [0.25, 0.3) is 0 Å². The lowest BCUT2D eigenvalue weighted by Crippen LogP contribution is -2.12. The monoisotopic (exact) mass is 247 g/mol. The molecular weight excluding hydrogens is 230 g/mol. The van der Waals surface area contributed by atoms with Crippen molar-refractivity contribution in [2.75, 3.05) is 6.54 Å². The van der Waals surface area contributed by atoms with Crippen LogP contribution in [-0.4, -0.2) is 33.2 Å². The number of carbonyl (C=O) groups excluding carboxylic acids is 1. The number of allylic oxidation sites excluding steroid dienone is 2. The van der Waals surface area contributed by atoms with Crippen LogP contribution in [-0.2, 0) is 11.3 Å². The van der Waals surface area contributed by atoms with Crippen molar-refractivity contribution in [2.45, 2.75) is 32.2 Å². The lowest BCUT2D eigenvalue weighted by Gasteiger charge is -2.11. The topological polar surface area (TPSA) is 67.5 Å². The number of ketones is 1. The van der Waals surface area contributed by atoms with E-state index in [0.717, 1.165) is 19.4 Å². The van der Waals surface area contributed by atoms with Gasteiger partial charge in [-0.05, 0) is 12.8 Å². The van der Waals surface area contributed by atoms with E-state index in [1.807, 2.05) is 10.8 Å². The number of Topliss-reactive ketones (excluding diaryl/α,β-unsaturated/α-hetero) is 1. The van der Waals surface area contributed by atoms with E-state index in [4.69, 9.17) is 0 Å². The highest BCUT2D eigenvalue weighted by Crippen LogP contribution is 2.18. The largest absolute Gasteiger partial charge is 0.512 e. The molecule has 5 nitrogen and oxygen atoms in total. The van der Waals surface area contributed by atoms with E-state index in [-0.39, 0.29) is 11.5 Å². The first-order valence-electron chi connectivity index (χ1n) is 6.18. The highest BCUT2D eigenvalue weighted by molar-refractivity contribution is 6.14. The van der Waals surface area contributed by atoms with Crippen LogP contribution in [0.1, 0.15) is 25.7 Å². The summed E-state index contributed by atoms with van der Waals surface area (Å²) in [5.41, 5.74) is 0.392. The molecule has 0 amide bonds. The highest BCUT2D eigenvalue weighted by Gasteiger charge is 2.17. The summed E-state index contributed by atoms with van der Waals surface area (Å²) >= 11 is 0. The van der Waals surface area contributed by atoms with Gasteiger partial charge in [0.05, 0.1) is 11.9 Å². The fourth-order valence-corrected chi connectivity index (χ4v) is 1.91. The van der Waals surface area contributed by atoms with Gasteiger partial charge >= 0.3 is 0 Å². The Bertz CT molecular complexity index is 461. The Labute approximate surface area is 106 Å². The number of aliphatic hydroxyl groups is 1. The van der Waals surface area contributed by atoms with E-state index in [2.05, 4.69) is 9.98 Å². The van der Waals surface area contributed by atoms with Gasteiger partial charge in [0, 0.05) is 44.5 Å². The minimum atomic E-state index is -0.00268. The molecule has 0 saturated heterocycles. The second-order valence-corrected chi connectivity index (χ2v) is 4.33. The number of aromatic nitrogens is 2. The molecule has 1 aliphatic rings. The Hall–Kier alpha value is -1.91. The summed E-state index contributed by atoms with van der Waals surface area (Å²) in [7, 11) is 0. The van der Waals surface area contributed by atoms with Crippen LogP contribution in [0.2, 0.25) is 0 Å². The first-order chi connectivity index (χ1) is 8.77. The molecule has 5 heteroatoms. The average molecular weight is 247 g/mol. The molecule has 0 bridgehead atoms. The predicted octanol–water partition coefficient (Wildman–Crippen LogP) is 1.91. The van der Waals surface area contributed by atoms with Crippen molar-refractivity contribution in [1.29, 1.82) is 0 Å². The third-order valence-corrected chi connectivity index (χ3v) is 2.91. The Balaban J connectivity index is 1.79. The molecule has 0 saturated carbocycles. The minimum Gasteiger partial charge on any atom is -0.512 e. The third kappa shape index (κ3) is 3.29. The molecule has 0 spiro atoms. The number of nitrogens with zero attached hydrogens (tertiary/aromatic N) is 3. The molecule has 0 radical (unpaired) electrons. The van der Waals surface area contributed by atoms with Crippen molar-refractivity contribution >= 4 is 12.0 Å². The molecule has 1 heterocycles. The molecule has 0 aliphatic heterocycles. The second-order valence-electron chi connectivity index (χ2n) is 4.33. The van der Waals surface area contributed by atoms with Gasteiger partial charge in [-0.3, -0.25) is 9.79 Å². The number of aliphatic imine (C=N–C) groups is 1. The summed E-state index contributed by atoms with van der Waals surface area (Å²) in [5.74, 6) is 0.182. The van der Waals surface area contributed by atoms with Crippen LogP contribution < -0.4 is 0 Å². The van der Waals surface area contributed by atoms with Gasteiger partial charge in [0.1, 0.15) is 5.76 Å². The van der Waals surface area contributed by atoms with Crippen LogP contribution in [0, 0.1) is 0 Å². The number of rotatable bonds is 5. The van der Waals surface area contributed by atoms with E-state index >= 15 is 0 Å². The van der Waals surface area contributed by atoms with E-state index in [1.54, 1.807) is 12.5 Å². The zero-order chi connectivity index (χ0) is 12.8. The summed E-state index contributed by atoms with van der Waals surface area (Å²) in [5, 5.41) is 9.60. The fraction of sp³-hybridized carbons (Fsp3) is 0.462. The lowest BCUT2D eigenvalue weighted by molar-refractivity contribution is -0.115. The molecule has 1 aromatic rings. The number of hydrogen-bond acceptors (Lipinski definition) is 4. The first kappa shape index (κ1) is 12.5. The third-order valence-electron chi connectivity index (χ3n) is 2.91. The normalized spacial score (nSPS) is 16.8. The zero-order valence-electron chi connectivity index (χ0n) is 10.2. The molecule has 96 valence electrons. The van der Waals surface area contributed by atoms with E-state index in [1.165, 1.54) is 6.21 Å². The van der Waals surface area contributed by atoms with Crippen molar-refractivity contribution < 1.29 is 9.90 Å². The molecule has 0 atom stereocenters. The highest BCUT2D eigenvalue weighted by atomic mass is 16.3. The maximum atomic E-state index is 11.5. The van der Waals surface area contributed by atoms with E-state index in [9.17, 15) is 9.90 Å². The van der Waals surface area contributed by atoms with Crippen LogP contribution in [0.25, 0.3) is 0 Å². The number of carbonyl (C=O) groups is 1. The first-order valence-corrected chi connectivity index (χ1v) is 6.18. The van der Waals surface area contributed by atoms with E-state index < -0.39 is 0 Å². The van der Waals surface area contributed by atoms with Gasteiger partial charge in [0.2, 0.25) is 0 Å². The van der Waals surface area contributed by atoms with E-state index in [0.29, 0.717) is 25.0 Å². The summed E-state index contributed by atoms with van der Waals surface area (Å²) in [4.78, 5) is 19.7. The van der Waals surface area contributed by atoms with Crippen molar-refractivity contribution in [3.63, 3.8) is 0 Å². The molecule has 0 unspecified atom stereocenters. The quantitative estimate of drug-likeness (QED) is 0.638. The standard InChI is InChI=1S/C13H17N3O2/c17-12-3-1-4-13(18)11(12)9-14-5-2-7-16-8-6-15-10-16/h6,8-10,17H,1-5,7H2. The maximum absolute atomic E-state index is 11.5. The molecule has 0 fully saturated rings. The average Bonchev–Trinajstić information content (AvgIpc) is 2.85. The van der Waals surface area contributed by atoms with Crippen molar-refractivity contribution in [1.82, 2.24) is 9.55 Å². The molecule has 0 aromatic carbocycles. The van der Waals surface area contributed by atoms with Crippen LogP contribution >= 0.6 is 0 Å². The van der Waals surface area contributed by atoms with Gasteiger partial charge in [-0.15, -0.1) is 0 Å². The fourth-order valence-electron chi connectivity index (χ4n) is 1.91. The van der Waals surface area contributed by atoms with Crippen LogP contribution in [0.4, 0.5) is 0 Å². The lowest BCUT2D eigenvalue weighted by atomic mass is 9.97. The van der Waals surface area contributed by atoms with Crippen molar-refractivity contribution in [3.8, 4) is 0 Å². The molecule has 18 heavy (non-hydrogen) atoms. The summed E-state index contributed by atoms with van der Waals surface area (Å²) < 4.78 is 1.98. The molecule has 1 aromatic heterocycles. The Morgan fingerprint density at radius 3 is 3.11 bits per heavy atom. The second kappa shape index (κ2) is 6.14. The van der Waals surface area contributed by atoms with Gasteiger partial charge in [0.15, 0.2) is 5.78 Å². The molecular formula is C13H17N3O2. The summed E-state index contributed by atoms with van der Waals surface area (Å²) in [6, 6.07) is 0. The Morgan fingerprint density at radius 1 is 1.50 bits per heavy atom.